The van der Waals surface area contributed by atoms with Crippen LogP contribution in [-0.4, -0.2) is 61.7 Å². The second-order valence-corrected chi connectivity index (χ2v) is 5.91. The number of hydrogen-bond donors (Lipinski definition) is 2. The predicted octanol–water partition coefficient (Wildman–Crippen LogP) is 1.21. The predicted molar refractivity (Wildman–Crippen MR) is 87.2 cm³/mol. The summed E-state index contributed by atoms with van der Waals surface area (Å²) in [7, 11) is 0. The van der Waals surface area contributed by atoms with Crippen LogP contribution in [0, 0.1) is 5.92 Å². The molecule has 0 unspecified atom stereocenters. The summed E-state index contributed by atoms with van der Waals surface area (Å²) >= 11 is 0. The number of anilines is 1. The molecule has 0 radical (unpaired) electrons. The standard InChI is InChI=1S/C16H26N4O2/c1-13(2)12-19-14-3-4-17-15(11-14)16(21)18-5-6-20-7-9-22-10-8-20/h3-4,11,13H,5-10,12H2,1-2H3,(H,17,19)(H,18,21). The van der Waals surface area contributed by atoms with Gasteiger partial charge in [0.05, 0.1) is 13.2 Å². The first-order chi connectivity index (χ1) is 10.6. The number of rotatable bonds is 7. The Hall–Kier alpha value is -1.66. The highest BCUT2D eigenvalue weighted by atomic mass is 16.5. The molecule has 0 bridgehead atoms. The minimum Gasteiger partial charge on any atom is -0.385 e. The van der Waals surface area contributed by atoms with Crippen LogP contribution in [0.5, 0.6) is 0 Å². The molecule has 2 rings (SSSR count). The Morgan fingerprint density at radius 3 is 2.91 bits per heavy atom. The molecular formula is C16H26N4O2. The van der Waals surface area contributed by atoms with E-state index in [1.165, 1.54) is 0 Å². The molecule has 22 heavy (non-hydrogen) atoms. The summed E-state index contributed by atoms with van der Waals surface area (Å²) < 4.78 is 5.30. The quantitative estimate of drug-likeness (QED) is 0.793. The minimum atomic E-state index is -0.124. The maximum Gasteiger partial charge on any atom is 0.269 e. The average molecular weight is 306 g/mol. The summed E-state index contributed by atoms with van der Waals surface area (Å²) in [4.78, 5) is 18.6. The van der Waals surface area contributed by atoms with Gasteiger partial charge in [0.25, 0.3) is 5.91 Å². The summed E-state index contributed by atoms with van der Waals surface area (Å²) in [6.45, 7) is 10.1. The molecule has 1 saturated heterocycles. The van der Waals surface area contributed by atoms with Crippen molar-refractivity contribution >= 4 is 11.6 Å². The van der Waals surface area contributed by atoms with Gasteiger partial charge in [0.15, 0.2) is 0 Å². The van der Waals surface area contributed by atoms with Gasteiger partial charge in [-0.15, -0.1) is 0 Å². The molecule has 6 heteroatoms. The van der Waals surface area contributed by atoms with Crippen molar-refractivity contribution in [2.75, 3.05) is 51.3 Å². The number of carbonyl (C=O) groups excluding carboxylic acids is 1. The first kappa shape index (κ1) is 16.7. The smallest absolute Gasteiger partial charge is 0.269 e. The summed E-state index contributed by atoms with van der Waals surface area (Å²) in [5, 5.41) is 6.23. The monoisotopic (exact) mass is 306 g/mol. The second-order valence-electron chi connectivity index (χ2n) is 5.91. The molecular weight excluding hydrogens is 280 g/mol. The molecule has 2 heterocycles. The van der Waals surface area contributed by atoms with E-state index in [0.717, 1.165) is 45.1 Å². The van der Waals surface area contributed by atoms with Gasteiger partial charge in [-0.1, -0.05) is 13.8 Å². The Balaban J connectivity index is 1.77. The normalized spacial score (nSPS) is 15.8. The van der Waals surface area contributed by atoms with Gasteiger partial charge in [0.2, 0.25) is 0 Å². The fourth-order valence-corrected chi connectivity index (χ4v) is 2.23. The third-order valence-corrected chi connectivity index (χ3v) is 3.52. The number of amides is 1. The molecule has 6 nitrogen and oxygen atoms in total. The third kappa shape index (κ3) is 5.61. The molecule has 122 valence electrons. The van der Waals surface area contributed by atoms with E-state index in [4.69, 9.17) is 4.74 Å². The van der Waals surface area contributed by atoms with Crippen LogP contribution < -0.4 is 10.6 Å². The number of nitrogens with zero attached hydrogens (tertiary/aromatic N) is 2. The Morgan fingerprint density at radius 1 is 1.41 bits per heavy atom. The summed E-state index contributed by atoms with van der Waals surface area (Å²) in [6.07, 6.45) is 1.67. The number of nitrogens with one attached hydrogen (secondary N) is 2. The lowest BCUT2D eigenvalue weighted by atomic mass is 10.2. The van der Waals surface area contributed by atoms with Crippen molar-refractivity contribution in [3.8, 4) is 0 Å². The molecule has 0 aliphatic carbocycles. The maximum absolute atomic E-state index is 12.1. The van der Waals surface area contributed by atoms with E-state index in [9.17, 15) is 4.79 Å². The van der Waals surface area contributed by atoms with Crippen LogP contribution in [-0.2, 0) is 4.74 Å². The molecule has 1 aromatic rings. The van der Waals surface area contributed by atoms with Gasteiger partial charge in [0, 0.05) is 44.6 Å². The molecule has 1 aliphatic heterocycles. The minimum absolute atomic E-state index is 0.124. The lowest BCUT2D eigenvalue weighted by Crippen LogP contribution is -2.41. The Morgan fingerprint density at radius 2 is 2.18 bits per heavy atom. The maximum atomic E-state index is 12.1. The molecule has 2 N–H and O–H groups in total. The SMILES string of the molecule is CC(C)CNc1ccnc(C(=O)NCCN2CCOCC2)c1. The zero-order valence-electron chi connectivity index (χ0n) is 13.5. The number of morpholine rings is 1. The zero-order chi connectivity index (χ0) is 15.8. The van der Waals surface area contributed by atoms with Gasteiger partial charge >= 0.3 is 0 Å². The number of pyridine rings is 1. The van der Waals surface area contributed by atoms with Gasteiger partial charge < -0.3 is 15.4 Å². The van der Waals surface area contributed by atoms with Crippen LogP contribution in [0.1, 0.15) is 24.3 Å². The second kappa shape index (κ2) is 8.70. The van der Waals surface area contributed by atoms with E-state index in [0.29, 0.717) is 18.2 Å². The van der Waals surface area contributed by atoms with Crippen molar-refractivity contribution in [3.05, 3.63) is 24.0 Å². The highest BCUT2D eigenvalue weighted by Gasteiger charge is 2.11. The third-order valence-electron chi connectivity index (χ3n) is 3.52. The topological polar surface area (TPSA) is 66.5 Å². The lowest BCUT2D eigenvalue weighted by molar-refractivity contribution is 0.0383. The number of hydrogen-bond acceptors (Lipinski definition) is 5. The van der Waals surface area contributed by atoms with Gasteiger partial charge in [-0.05, 0) is 18.1 Å². The highest BCUT2D eigenvalue weighted by Crippen LogP contribution is 2.09. The van der Waals surface area contributed by atoms with Crippen LogP contribution in [0.2, 0.25) is 0 Å². The molecule has 0 saturated carbocycles. The van der Waals surface area contributed by atoms with Crippen molar-refractivity contribution in [2.24, 2.45) is 5.92 Å². The van der Waals surface area contributed by atoms with Gasteiger partial charge in [-0.2, -0.15) is 0 Å². The number of aromatic nitrogens is 1. The average Bonchev–Trinajstić information content (AvgIpc) is 2.54. The fourth-order valence-electron chi connectivity index (χ4n) is 2.23. The summed E-state index contributed by atoms with van der Waals surface area (Å²) in [6, 6.07) is 3.68. The molecule has 1 aromatic heterocycles. The van der Waals surface area contributed by atoms with E-state index in [1.54, 1.807) is 12.3 Å². The van der Waals surface area contributed by atoms with Crippen LogP contribution >= 0.6 is 0 Å². The van der Waals surface area contributed by atoms with Crippen molar-refractivity contribution in [3.63, 3.8) is 0 Å². The van der Waals surface area contributed by atoms with Crippen LogP contribution in [0.15, 0.2) is 18.3 Å². The lowest BCUT2D eigenvalue weighted by Gasteiger charge is -2.26. The summed E-state index contributed by atoms with van der Waals surface area (Å²) in [5.74, 6) is 0.431. The van der Waals surface area contributed by atoms with Crippen LogP contribution in [0.25, 0.3) is 0 Å². The van der Waals surface area contributed by atoms with Crippen molar-refractivity contribution in [1.29, 1.82) is 0 Å². The van der Waals surface area contributed by atoms with Gasteiger partial charge in [-0.25, -0.2) is 0 Å². The molecule has 1 fully saturated rings. The van der Waals surface area contributed by atoms with Crippen molar-refractivity contribution in [1.82, 2.24) is 15.2 Å². The van der Waals surface area contributed by atoms with Crippen LogP contribution in [0.4, 0.5) is 5.69 Å². The summed E-state index contributed by atoms with van der Waals surface area (Å²) in [5.41, 5.74) is 1.39. The molecule has 1 amide bonds. The van der Waals surface area contributed by atoms with E-state index >= 15 is 0 Å². The Bertz CT molecular complexity index is 473. The zero-order valence-corrected chi connectivity index (χ0v) is 13.5. The van der Waals surface area contributed by atoms with E-state index in [-0.39, 0.29) is 5.91 Å². The molecule has 0 spiro atoms. The Labute approximate surface area is 132 Å². The number of carbonyl (C=O) groups is 1. The highest BCUT2D eigenvalue weighted by molar-refractivity contribution is 5.93. The molecule has 1 aliphatic rings. The molecule has 0 aromatic carbocycles. The van der Waals surface area contributed by atoms with Gasteiger partial charge in [0.1, 0.15) is 5.69 Å². The first-order valence-electron chi connectivity index (χ1n) is 7.93. The van der Waals surface area contributed by atoms with E-state index < -0.39 is 0 Å². The molecule has 0 atom stereocenters. The van der Waals surface area contributed by atoms with Crippen molar-refractivity contribution < 1.29 is 9.53 Å². The van der Waals surface area contributed by atoms with E-state index in [1.807, 2.05) is 6.07 Å². The largest absolute Gasteiger partial charge is 0.385 e. The van der Waals surface area contributed by atoms with Crippen molar-refractivity contribution in [2.45, 2.75) is 13.8 Å². The fraction of sp³-hybridized carbons (Fsp3) is 0.625. The first-order valence-corrected chi connectivity index (χ1v) is 7.93. The van der Waals surface area contributed by atoms with Crippen LogP contribution in [0.3, 0.4) is 0 Å². The van der Waals surface area contributed by atoms with E-state index in [2.05, 4.69) is 34.4 Å². The van der Waals surface area contributed by atoms with Gasteiger partial charge in [-0.3, -0.25) is 14.7 Å². The number of ether oxygens (including phenoxy) is 1. The Kier molecular flexibility index (Phi) is 6.61.